The van der Waals surface area contributed by atoms with Crippen LogP contribution in [0.5, 0.6) is 0 Å². The fourth-order valence-electron chi connectivity index (χ4n) is 2.73. The van der Waals surface area contributed by atoms with Crippen LogP contribution in [0.1, 0.15) is 17.0 Å². The van der Waals surface area contributed by atoms with Gasteiger partial charge < -0.3 is 4.74 Å². The van der Waals surface area contributed by atoms with Crippen LogP contribution in [-0.4, -0.2) is 37.6 Å². The minimum Gasteiger partial charge on any atom is -0.381 e. The van der Waals surface area contributed by atoms with Gasteiger partial charge in [0.25, 0.3) is 10.0 Å². The average Bonchev–Trinajstić information content (AvgIpc) is 2.49. The molecular weight excluding hydrogens is 356 g/mol. The molecule has 0 radical (unpaired) electrons. The summed E-state index contributed by atoms with van der Waals surface area (Å²) < 4.78 is 32.4. The summed E-state index contributed by atoms with van der Waals surface area (Å²) in [4.78, 5) is 20.3. The number of aromatic nitrogens is 2. The minimum atomic E-state index is -4.02. The number of amides is 2. The molecule has 2 N–H and O–H groups in total. The number of hydrogen-bond acceptors (Lipinski definition) is 6. The van der Waals surface area contributed by atoms with Crippen molar-refractivity contribution >= 4 is 22.0 Å². The molecule has 1 aliphatic rings. The lowest BCUT2D eigenvalue weighted by Gasteiger charge is -2.26. The Morgan fingerprint density at radius 1 is 1.19 bits per heavy atom. The van der Waals surface area contributed by atoms with Crippen molar-refractivity contribution in [3.05, 3.63) is 47.3 Å². The maximum absolute atomic E-state index is 12.6. The van der Waals surface area contributed by atoms with Gasteiger partial charge in [0.15, 0.2) is 0 Å². The molecule has 1 fully saturated rings. The number of ether oxygens (including phenoxy) is 1. The van der Waals surface area contributed by atoms with Gasteiger partial charge in [-0.15, -0.1) is 0 Å². The fourth-order valence-corrected chi connectivity index (χ4v) is 3.89. The lowest BCUT2D eigenvalue weighted by atomic mass is 9.98. The average molecular weight is 376 g/mol. The molecule has 0 saturated carbocycles. The molecule has 1 aromatic carbocycles. The molecule has 26 heavy (non-hydrogen) atoms. The van der Waals surface area contributed by atoms with Crippen molar-refractivity contribution < 1.29 is 17.9 Å². The Morgan fingerprint density at radius 3 is 2.46 bits per heavy atom. The maximum atomic E-state index is 12.6. The first-order valence-corrected chi connectivity index (χ1v) is 9.63. The second kappa shape index (κ2) is 7.38. The Kier molecular flexibility index (Phi) is 5.19. The van der Waals surface area contributed by atoms with Crippen molar-refractivity contribution in [2.24, 2.45) is 5.92 Å². The van der Waals surface area contributed by atoms with Crippen LogP contribution in [0.15, 0.2) is 35.2 Å². The first-order chi connectivity index (χ1) is 12.3. The number of anilines is 1. The van der Waals surface area contributed by atoms with E-state index in [0.717, 1.165) is 0 Å². The van der Waals surface area contributed by atoms with Crippen molar-refractivity contribution in [3.63, 3.8) is 0 Å². The molecule has 2 heterocycles. The Labute approximate surface area is 152 Å². The quantitative estimate of drug-likeness (QED) is 0.823. The van der Waals surface area contributed by atoms with E-state index in [0.29, 0.717) is 42.5 Å². The van der Waals surface area contributed by atoms with Crippen LogP contribution >= 0.6 is 0 Å². The third-order valence-electron chi connectivity index (χ3n) is 3.91. The summed E-state index contributed by atoms with van der Waals surface area (Å²) in [5, 5.41) is 2.36. The normalized spacial score (nSPS) is 14.5. The number of sulfonamides is 1. The summed E-state index contributed by atoms with van der Waals surface area (Å²) >= 11 is 0. The van der Waals surface area contributed by atoms with Crippen LogP contribution in [-0.2, 0) is 21.2 Å². The second-order valence-electron chi connectivity index (χ2n) is 6.25. The van der Waals surface area contributed by atoms with Crippen LogP contribution in [0.3, 0.4) is 0 Å². The van der Waals surface area contributed by atoms with Crippen LogP contribution in [0, 0.1) is 19.8 Å². The summed E-state index contributed by atoms with van der Waals surface area (Å²) in [6, 6.07) is 7.48. The Morgan fingerprint density at radius 2 is 1.85 bits per heavy atom. The second-order valence-corrected chi connectivity index (χ2v) is 7.90. The number of carbonyl (C=O) groups excluding carboxylic acids is 1. The summed E-state index contributed by atoms with van der Waals surface area (Å²) in [6.07, 6.45) is 0.582. The zero-order chi connectivity index (χ0) is 18.7. The van der Waals surface area contributed by atoms with Gasteiger partial charge in [0, 0.05) is 17.3 Å². The molecule has 138 valence electrons. The van der Waals surface area contributed by atoms with Crippen LogP contribution in [0.2, 0.25) is 0 Å². The number of carbonyl (C=O) groups is 1. The highest BCUT2D eigenvalue weighted by atomic mass is 32.2. The van der Waals surface area contributed by atoms with Crippen LogP contribution in [0.25, 0.3) is 0 Å². The molecule has 1 aromatic heterocycles. The summed E-state index contributed by atoms with van der Waals surface area (Å²) in [5.41, 5.74) is 2.00. The number of urea groups is 1. The number of rotatable bonds is 5. The number of aryl methyl sites for hydroxylation is 2. The number of hydrogen-bond donors (Lipinski definition) is 2. The number of benzene rings is 1. The van der Waals surface area contributed by atoms with Gasteiger partial charge in [-0.1, -0.05) is 18.2 Å². The predicted molar refractivity (Wildman–Crippen MR) is 95.3 cm³/mol. The molecule has 0 aliphatic carbocycles. The Bertz CT molecular complexity index is 906. The largest absolute Gasteiger partial charge is 0.381 e. The third kappa shape index (κ3) is 4.36. The molecular formula is C17H20N4O4S. The van der Waals surface area contributed by atoms with Gasteiger partial charge in [0.05, 0.1) is 18.1 Å². The molecule has 0 unspecified atom stereocenters. The van der Waals surface area contributed by atoms with E-state index in [1.165, 1.54) is 6.07 Å². The van der Waals surface area contributed by atoms with Gasteiger partial charge in [-0.2, -0.15) is 0 Å². The third-order valence-corrected chi connectivity index (χ3v) is 5.34. The molecule has 8 nitrogen and oxygen atoms in total. The van der Waals surface area contributed by atoms with E-state index < -0.39 is 16.1 Å². The van der Waals surface area contributed by atoms with Gasteiger partial charge >= 0.3 is 6.03 Å². The molecule has 0 atom stereocenters. The summed E-state index contributed by atoms with van der Waals surface area (Å²) in [7, 11) is -4.02. The Balaban J connectivity index is 1.75. The van der Waals surface area contributed by atoms with Gasteiger partial charge in [-0.3, -0.25) is 5.32 Å². The summed E-state index contributed by atoms with van der Waals surface area (Å²) in [6.45, 7) is 4.75. The Hall–Kier alpha value is -2.52. The van der Waals surface area contributed by atoms with E-state index in [-0.39, 0.29) is 10.8 Å². The highest BCUT2D eigenvalue weighted by molar-refractivity contribution is 7.90. The van der Waals surface area contributed by atoms with Crippen molar-refractivity contribution in [2.75, 3.05) is 18.5 Å². The van der Waals surface area contributed by atoms with Gasteiger partial charge in [0.2, 0.25) is 5.95 Å². The van der Waals surface area contributed by atoms with Gasteiger partial charge in [-0.05, 0) is 38.0 Å². The lowest BCUT2D eigenvalue weighted by Crippen LogP contribution is -2.36. The zero-order valence-corrected chi connectivity index (χ0v) is 15.3. The predicted octanol–water partition coefficient (Wildman–Crippen LogP) is 1.79. The van der Waals surface area contributed by atoms with E-state index in [1.54, 1.807) is 38.1 Å². The van der Waals surface area contributed by atoms with Crippen molar-refractivity contribution in [1.29, 1.82) is 0 Å². The molecule has 2 amide bonds. The van der Waals surface area contributed by atoms with E-state index in [4.69, 9.17) is 4.74 Å². The fraction of sp³-hybridized carbons (Fsp3) is 0.353. The first kappa shape index (κ1) is 18.3. The van der Waals surface area contributed by atoms with Crippen LogP contribution in [0.4, 0.5) is 10.7 Å². The highest BCUT2D eigenvalue weighted by Gasteiger charge is 2.25. The van der Waals surface area contributed by atoms with Crippen LogP contribution < -0.4 is 10.0 Å². The van der Waals surface area contributed by atoms with E-state index >= 15 is 0 Å². The van der Waals surface area contributed by atoms with Crippen molar-refractivity contribution in [3.8, 4) is 0 Å². The molecule has 3 rings (SSSR count). The molecule has 1 aliphatic heterocycles. The molecule has 0 spiro atoms. The number of nitrogens with one attached hydrogen (secondary N) is 2. The standard InChI is InChI=1S/C17H20N4O4S/c1-11-7-12(2)19-16(18-11)20-17(22)21-26(23,24)15-6-4-3-5-14(15)8-13-9-25-10-13/h3-7,13H,8-10H2,1-2H3,(H2,18,19,20,21,22). The molecule has 1 saturated heterocycles. The minimum absolute atomic E-state index is 0.0510. The first-order valence-electron chi connectivity index (χ1n) is 8.15. The SMILES string of the molecule is Cc1cc(C)nc(NC(=O)NS(=O)(=O)c2ccccc2CC2COC2)n1. The molecule has 2 aromatic rings. The zero-order valence-electron chi connectivity index (χ0n) is 14.5. The molecule has 0 bridgehead atoms. The van der Waals surface area contributed by atoms with E-state index in [2.05, 4.69) is 15.3 Å². The monoisotopic (exact) mass is 376 g/mol. The van der Waals surface area contributed by atoms with E-state index in [9.17, 15) is 13.2 Å². The maximum Gasteiger partial charge on any atom is 0.335 e. The highest BCUT2D eigenvalue weighted by Crippen LogP contribution is 2.22. The number of nitrogens with zero attached hydrogens (tertiary/aromatic N) is 2. The van der Waals surface area contributed by atoms with Gasteiger partial charge in [-0.25, -0.2) is 27.9 Å². The van der Waals surface area contributed by atoms with Gasteiger partial charge in [0.1, 0.15) is 0 Å². The topological polar surface area (TPSA) is 110 Å². The smallest absolute Gasteiger partial charge is 0.335 e. The lowest BCUT2D eigenvalue weighted by molar-refractivity contribution is -0.0315. The van der Waals surface area contributed by atoms with Crippen molar-refractivity contribution in [1.82, 2.24) is 14.7 Å². The molecule has 9 heteroatoms. The van der Waals surface area contributed by atoms with Crippen molar-refractivity contribution in [2.45, 2.75) is 25.2 Å². The summed E-state index contributed by atoms with van der Waals surface area (Å²) in [5.74, 6) is 0.346. The van der Waals surface area contributed by atoms with E-state index in [1.807, 2.05) is 4.72 Å².